The van der Waals surface area contributed by atoms with Crippen LogP contribution in [0.1, 0.15) is 49.5 Å². The lowest BCUT2D eigenvalue weighted by Crippen LogP contribution is -2.59. The molecule has 3 amide bonds. The van der Waals surface area contributed by atoms with Crippen molar-refractivity contribution >= 4 is 28.6 Å². The van der Waals surface area contributed by atoms with Crippen molar-refractivity contribution in [2.45, 2.75) is 51.1 Å². The number of nitrogens with one attached hydrogen (secondary N) is 2. The number of carbonyl (C=O) groups excluding carboxylic acids is 3. The molecule has 274 valence electrons. The molecule has 1 saturated heterocycles. The fourth-order valence-electron chi connectivity index (χ4n) is 6.33. The predicted molar refractivity (Wildman–Crippen MR) is 177 cm³/mol. The molecule has 1 saturated carbocycles. The Kier molecular flexibility index (Phi) is 15.0. The molecule has 2 fully saturated rings. The lowest BCUT2D eigenvalue weighted by Gasteiger charge is -2.39. The van der Waals surface area contributed by atoms with Crippen LogP contribution in [-0.2, 0) is 30.8 Å². The van der Waals surface area contributed by atoms with Gasteiger partial charge in [0.15, 0.2) is 23.1 Å². The molecule has 2 atom stereocenters. The number of aromatic nitrogens is 1. The standard InChI is InChI=1S/C34H51F2N5O8/c1-23(37-2)32(43)38-29(24-7-5-4-6-8-24)33(44)40-9-11-41(12-10-40)34(45)30-31(25-21-26(35)27(36)22-28(25)39(30)3)49-20-19-48-18-17-47-16-15-46-14-13-42/h21-24,29,37,42H,4-20H2,1-3H3,(H,38,43)/t23-,29?/m0/s1. The number of hydrogen-bond donors (Lipinski definition) is 3. The summed E-state index contributed by atoms with van der Waals surface area (Å²) in [5, 5.41) is 14.9. The molecule has 1 aliphatic carbocycles. The molecule has 4 rings (SSSR count). The summed E-state index contributed by atoms with van der Waals surface area (Å²) in [4.78, 5) is 43.9. The molecule has 3 N–H and O–H groups in total. The Labute approximate surface area is 286 Å². The Morgan fingerprint density at radius 2 is 1.45 bits per heavy atom. The zero-order chi connectivity index (χ0) is 35.3. The summed E-state index contributed by atoms with van der Waals surface area (Å²) < 4.78 is 52.3. The quantitative estimate of drug-likeness (QED) is 0.199. The third-order valence-electron chi connectivity index (χ3n) is 9.24. The Bertz CT molecular complexity index is 1390. The molecular formula is C34H51F2N5O8. The Hall–Kier alpha value is -3.37. The number of aliphatic hydroxyl groups is 1. The van der Waals surface area contributed by atoms with Gasteiger partial charge in [-0.15, -0.1) is 0 Å². The van der Waals surface area contributed by atoms with E-state index in [1.165, 1.54) is 4.57 Å². The van der Waals surface area contributed by atoms with Gasteiger partial charge in [0, 0.05) is 44.7 Å². The summed E-state index contributed by atoms with van der Waals surface area (Å²) in [5.74, 6) is -2.68. The number of ether oxygens (including phenoxy) is 4. The number of halogens is 2. The fraction of sp³-hybridized carbons (Fsp3) is 0.676. The largest absolute Gasteiger partial charge is 0.488 e. The Morgan fingerprint density at radius 1 is 0.878 bits per heavy atom. The maximum absolute atomic E-state index is 14.4. The zero-order valence-corrected chi connectivity index (χ0v) is 28.8. The van der Waals surface area contributed by atoms with Crippen LogP contribution in [0.2, 0.25) is 0 Å². The number of likely N-dealkylation sites (N-methyl/N-ethyl adjacent to an activating group) is 1. The molecule has 0 radical (unpaired) electrons. The monoisotopic (exact) mass is 695 g/mol. The van der Waals surface area contributed by atoms with E-state index in [1.807, 2.05) is 0 Å². The summed E-state index contributed by atoms with van der Waals surface area (Å²) >= 11 is 0. The number of rotatable bonds is 18. The van der Waals surface area contributed by atoms with Crippen molar-refractivity contribution in [2.75, 3.05) is 86.1 Å². The lowest BCUT2D eigenvalue weighted by atomic mass is 9.83. The van der Waals surface area contributed by atoms with Crippen LogP contribution in [0, 0.1) is 17.6 Å². The van der Waals surface area contributed by atoms with Gasteiger partial charge in [0.25, 0.3) is 5.91 Å². The van der Waals surface area contributed by atoms with Crippen LogP contribution in [0.5, 0.6) is 5.75 Å². The van der Waals surface area contributed by atoms with Crippen molar-refractivity contribution in [2.24, 2.45) is 13.0 Å². The first-order valence-electron chi connectivity index (χ1n) is 17.2. The van der Waals surface area contributed by atoms with Gasteiger partial charge < -0.3 is 49.1 Å². The van der Waals surface area contributed by atoms with Gasteiger partial charge in [-0.1, -0.05) is 19.3 Å². The van der Waals surface area contributed by atoms with Crippen molar-refractivity contribution < 1.29 is 47.2 Å². The number of benzene rings is 1. The average Bonchev–Trinajstić information content (AvgIpc) is 3.38. The van der Waals surface area contributed by atoms with E-state index < -0.39 is 23.7 Å². The van der Waals surface area contributed by atoms with Crippen molar-refractivity contribution in [3.8, 4) is 5.75 Å². The van der Waals surface area contributed by atoms with E-state index in [2.05, 4.69) is 10.6 Å². The molecule has 49 heavy (non-hydrogen) atoms. The first-order chi connectivity index (χ1) is 23.7. The average molecular weight is 696 g/mol. The van der Waals surface area contributed by atoms with Gasteiger partial charge in [0.2, 0.25) is 11.8 Å². The highest BCUT2D eigenvalue weighted by molar-refractivity contribution is 6.04. The molecule has 0 spiro atoms. The summed E-state index contributed by atoms with van der Waals surface area (Å²) in [6.07, 6.45) is 4.88. The predicted octanol–water partition coefficient (Wildman–Crippen LogP) is 1.83. The van der Waals surface area contributed by atoms with E-state index in [0.717, 1.165) is 44.2 Å². The molecule has 15 heteroatoms. The molecular weight excluding hydrogens is 644 g/mol. The summed E-state index contributed by atoms with van der Waals surface area (Å²) in [7, 11) is 3.30. The smallest absolute Gasteiger partial charge is 0.274 e. The first kappa shape index (κ1) is 38.4. The highest BCUT2D eigenvalue weighted by Crippen LogP contribution is 2.35. The summed E-state index contributed by atoms with van der Waals surface area (Å²) in [5.41, 5.74) is 0.435. The molecule has 2 aromatic rings. The number of hydrogen-bond acceptors (Lipinski definition) is 9. The normalized spacial score (nSPS) is 16.9. The Morgan fingerprint density at radius 3 is 2.06 bits per heavy atom. The molecule has 2 heterocycles. The van der Waals surface area contributed by atoms with Gasteiger partial charge in [-0.25, -0.2) is 8.78 Å². The lowest BCUT2D eigenvalue weighted by molar-refractivity contribution is -0.140. The van der Waals surface area contributed by atoms with E-state index in [4.69, 9.17) is 24.1 Å². The van der Waals surface area contributed by atoms with Crippen LogP contribution in [0.4, 0.5) is 8.78 Å². The molecule has 1 aliphatic heterocycles. The van der Waals surface area contributed by atoms with E-state index in [-0.39, 0.29) is 99.7 Å². The van der Waals surface area contributed by atoms with Crippen LogP contribution in [0.15, 0.2) is 12.1 Å². The zero-order valence-electron chi connectivity index (χ0n) is 28.8. The van der Waals surface area contributed by atoms with Gasteiger partial charge in [-0.05, 0) is 38.8 Å². The second-order valence-electron chi connectivity index (χ2n) is 12.4. The number of nitrogens with zero attached hydrogens (tertiary/aromatic N) is 3. The van der Waals surface area contributed by atoms with Gasteiger partial charge in [0.1, 0.15) is 12.6 Å². The molecule has 13 nitrogen and oxygen atoms in total. The number of carbonyl (C=O) groups is 3. The van der Waals surface area contributed by atoms with Crippen LogP contribution in [0.25, 0.3) is 10.9 Å². The van der Waals surface area contributed by atoms with E-state index >= 15 is 0 Å². The van der Waals surface area contributed by atoms with E-state index in [1.54, 1.807) is 30.8 Å². The van der Waals surface area contributed by atoms with E-state index in [0.29, 0.717) is 25.3 Å². The SMILES string of the molecule is CN[C@@H](C)C(=O)NC(C(=O)N1CCN(C(=O)c2c(OCCOCCOCCOCCO)c3cc(F)c(F)cc3n2C)CC1)C1CCCCC1. The number of fused-ring (bicyclic) bond motifs is 1. The number of piperazine rings is 1. The molecule has 1 unspecified atom stereocenters. The maximum Gasteiger partial charge on any atom is 0.274 e. The second-order valence-corrected chi connectivity index (χ2v) is 12.4. The van der Waals surface area contributed by atoms with Crippen LogP contribution in [0.3, 0.4) is 0 Å². The van der Waals surface area contributed by atoms with Crippen LogP contribution < -0.4 is 15.4 Å². The van der Waals surface area contributed by atoms with Crippen molar-refractivity contribution in [1.29, 1.82) is 0 Å². The number of aryl methyl sites for hydroxylation is 1. The van der Waals surface area contributed by atoms with Crippen molar-refractivity contribution in [1.82, 2.24) is 25.0 Å². The van der Waals surface area contributed by atoms with Gasteiger partial charge in [-0.2, -0.15) is 0 Å². The second kappa shape index (κ2) is 19.1. The highest BCUT2D eigenvalue weighted by atomic mass is 19.2. The van der Waals surface area contributed by atoms with Gasteiger partial charge in [0.05, 0.1) is 57.8 Å². The topological polar surface area (TPSA) is 144 Å². The molecule has 2 aliphatic rings. The minimum absolute atomic E-state index is 0.0424. The number of aliphatic hydroxyl groups excluding tert-OH is 1. The van der Waals surface area contributed by atoms with E-state index in [9.17, 15) is 23.2 Å². The van der Waals surface area contributed by atoms with Crippen molar-refractivity contribution in [3.05, 3.63) is 29.5 Å². The summed E-state index contributed by atoms with van der Waals surface area (Å²) in [6, 6.07) is 0.989. The summed E-state index contributed by atoms with van der Waals surface area (Å²) in [6.45, 7) is 4.50. The Balaban J connectivity index is 1.40. The minimum Gasteiger partial charge on any atom is -0.488 e. The minimum atomic E-state index is -1.06. The third-order valence-corrected chi connectivity index (χ3v) is 9.24. The maximum atomic E-state index is 14.4. The highest BCUT2D eigenvalue weighted by Gasteiger charge is 2.37. The van der Waals surface area contributed by atoms with Crippen LogP contribution in [-0.4, -0.2) is 135 Å². The first-order valence-corrected chi connectivity index (χ1v) is 17.2. The fourth-order valence-corrected chi connectivity index (χ4v) is 6.33. The van der Waals surface area contributed by atoms with Crippen molar-refractivity contribution in [3.63, 3.8) is 0 Å². The molecule has 0 bridgehead atoms. The number of amides is 3. The van der Waals surface area contributed by atoms with Crippen LogP contribution >= 0.6 is 0 Å². The third kappa shape index (κ3) is 10.1. The van der Waals surface area contributed by atoms with Gasteiger partial charge in [-0.3, -0.25) is 14.4 Å². The molecule has 1 aromatic heterocycles. The van der Waals surface area contributed by atoms with Gasteiger partial charge >= 0.3 is 0 Å². The molecule has 1 aromatic carbocycles.